The van der Waals surface area contributed by atoms with Crippen molar-refractivity contribution in [2.75, 3.05) is 44.2 Å². The molecule has 0 saturated carbocycles. The molecule has 1 amide bonds. The number of benzene rings is 2. The summed E-state index contributed by atoms with van der Waals surface area (Å²) >= 11 is 0. The highest BCUT2D eigenvalue weighted by Gasteiger charge is 2.24. The summed E-state index contributed by atoms with van der Waals surface area (Å²) < 4.78 is 5.77. The number of carbonyl (C=O) groups excluding carboxylic acids is 1. The summed E-state index contributed by atoms with van der Waals surface area (Å²) in [5.74, 6) is 1.06. The van der Waals surface area contributed by atoms with Crippen molar-refractivity contribution in [3.8, 4) is 5.75 Å². The van der Waals surface area contributed by atoms with Crippen LogP contribution in [0.4, 0.5) is 5.69 Å². The minimum atomic E-state index is 0.0344. The van der Waals surface area contributed by atoms with Crippen molar-refractivity contribution < 1.29 is 14.4 Å². The van der Waals surface area contributed by atoms with Gasteiger partial charge in [0.25, 0.3) is 5.91 Å². The fraction of sp³-hybridized carbons (Fsp3) is 0.458. The lowest BCUT2D eigenvalue weighted by Gasteiger charge is -2.34. The smallest absolute Gasteiger partial charge is 0.275 e. The standard InChI is InChI=1S/C24H33N3O2/c1-4-20-10-12-21(13-11-20)19(3)25-24(28)18-26-14-16-27(17-15-26)22-8-6-7-9-23(22)29-5-2/h6-13,19H,4-5,14-18H2,1-3H3,(H,25,28)/p+1/t19-/m0/s1. The number of aryl methyl sites for hydroxylation is 1. The molecule has 1 fully saturated rings. The first kappa shape index (κ1) is 21.2. The molecule has 1 saturated heterocycles. The van der Waals surface area contributed by atoms with E-state index in [0.29, 0.717) is 13.2 Å². The Kier molecular flexibility index (Phi) is 7.53. The van der Waals surface area contributed by atoms with Crippen molar-refractivity contribution in [1.29, 1.82) is 0 Å². The van der Waals surface area contributed by atoms with Crippen molar-refractivity contribution in [2.24, 2.45) is 0 Å². The van der Waals surface area contributed by atoms with Crippen LogP contribution < -0.4 is 19.9 Å². The van der Waals surface area contributed by atoms with Gasteiger partial charge in [-0.05, 0) is 43.5 Å². The van der Waals surface area contributed by atoms with Gasteiger partial charge in [-0.25, -0.2) is 0 Å². The average Bonchev–Trinajstić information content (AvgIpc) is 2.75. The average molecular weight is 397 g/mol. The van der Waals surface area contributed by atoms with Gasteiger partial charge in [0.15, 0.2) is 6.54 Å². The highest BCUT2D eigenvalue weighted by atomic mass is 16.5. The minimum absolute atomic E-state index is 0.0344. The number of para-hydroxylation sites is 2. The van der Waals surface area contributed by atoms with Gasteiger partial charge < -0.3 is 19.9 Å². The molecule has 156 valence electrons. The SMILES string of the molecule is CCOc1ccccc1N1CC[NH+](CC(=O)N[C@@H](C)c2ccc(CC)cc2)CC1. The van der Waals surface area contributed by atoms with E-state index in [1.165, 1.54) is 10.5 Å². The number of anilines is 1. The van der Waals surface area contributed by atoms with Crippen LogP contribution in [0.5, 0.6) is 5.75 Å². The summed E-state index contributed by atoms with van der Waals surface area (Å²) in [6.07, 6.45) is 1.03. The summed E-state index contributed by atoms with van der Waals surface area (Å²) in [6, 6.07) is 16.8. The molecule has 0 aromatic heterocycles. The second kappa shape index (κ2) is 10.3. The monoisotopic (exact) mass is 396 g/mol. The van der Waals surface area contributed by atoms with Crippen LogP contribution in [-0.2, 0) is 11.2 Å². The zero-order valence-electron chi connectivity index (χ0n) is 17.9. The first-order chi connectivity index (χ1) is 14.1. The van der Waals surface area contributed by atoms with E-state index in [1.807, 2.05) is 19.1 Å². The van der Waals surface area contributed by atoms with Gasteiger partial charge in [0, 0.05) is 0 Å². The van der Waals surface area contributed by atoms with Crippen LogP contribution in [0.2, 0.25) is 0 Å². The van der Waals surface area contributed by atoms with Gasteiger partial charge in [0.2, 0.25) is 0 Å². The zero-order chi connectivity index (χ0) is 20.6. The van der Waals surface area contributed by atoms with Gasteiger partial charge in [0.1, 0.15) is 5.75 Å². The number of nitrogens with zero attached hydrogens (tertiary/aromatic N) is 1. The normalized spacial score (nSPS) is 15.8. The highest BCUT2D eigenvalue weighted by Crippen LogP contribution is 2.27. The number of piperazine rings is 1. The number of quaternary nitrogens is 1. The van der Waals surface area contributed by atoms with Gasteiger partial charge >= 0.3 is 0 Å². The summed E-state index contributed by atoms with van der Waals surface area (Å²) in [5, 5.41) is 3.16. The molecular formula is C24H34N3O2+. The molecule has 0 radical (unpaired) electrons. The molecule has 0 aliphatic carbocycles. The van der Waals surface area contributed by atoms with E-state index in [2.05, 4.69) is 60.5 Å². The van der Waals surface area contributed by atoms with Crippen LogP contribution in [0.1, 0.15) is 37.9 Å². The maximum atomic E-state index is 12.5. The number of carbonyl (C=O) groups is 1. The minimum Gasteiger partial charge on any atom is -0.492 e. The van der Waals surface area contributed by atoms with E-state index in [4.69, 9.17) is 4.74 Å². The number of nitrogens with one attached hydrogen (secondary N) is 2. The van der Waals surface area contributed by atoms with Crippen LogP contribution in [-0.4, -0.2) is 45.2 Å². The van der Waals surface area contributed by atoms with Crippen molar-refractivity contribution >= 4 is 11.6 Å². The molecule has 5 heteroatoms. The Morgan fingerprint density at radius 3 is 2.45 bits per heavy atom. The molecule has 2 aromatic rings. The predicted octanol–water partition coefficient (Wildman–Crippen LogP) is 2.23. The number of hydrogen-bond donors (Lipinski definition) is 2. The van der Waals surface area contributed by atoms with Crippen molar-refractivity contribution in [1.82, 2.24) is 5.32 Å². The van der Waals surface area contributed by atoms with E-state index < -0.39 is 0 Å². The Labute approximate surface area is 174 Å². The van der Waals surface area contributed by atoms with Crippen molar-refractivity contribution in [3.63, 3.8) is 0 Å². The third-order valence-electron chi connectivity index (χ3n) is 5.65. The second-order valence-corrected chi connectivity index (χ2v) is 7.70. The number of hydrogen-bond acceptors (Lipinski definition) is 3. The van der Waals surface area contributed by atoms with Gasteiger partial charge in [-0.3, -0.25) is 4.79 Å². The van der Waals surface area contributed by atoms with E-state index in [9.17, 15) is 4.79 Å². The largest absolute Gasteiger partial charge is 0.492 e. The Morgan fingerprint density at radius 2 is 1.79 bits per heavy atom. The fourth-order valence-electron chi connectivity index (χ4n) is 3.88. The number of rotatable bonds is 8. The molecule has 0 bridgehead atoms. The molecular weight excluding hydrogens is 362 g/mol. The first-order valence-electron chi connectivity index (χ1n) is 10.8. The maximum Gasteiger partial charge on any atom is 0.275 e. The first-order valence-corrected chi connectivity index (χ1v) is 10.8. The Balaban J connectivity index is 1.48. The fourth-order valence-corrected chi connectivity index (χ4v) is 3.88. The zero-order valence-corrected chi connectivity index (χ0v) is 17.9. The van der Waals surface area contributed by atoms with E-state index in [-0.39, 0.29) is 11.9 Å². The van der Waals surface area contributed by atoms with Crippen molar-refractivity contribution in [2.45, 2.75) is 33.2 Å². The Morgan fingerprint density at radius 1 is 1.10 bits per heavy atom. The van der Waals surface area contributed by atoms with Gasteiger partial charge in [-0.1, -0.05) is 43.3 Å². The van der Waals surface area contributed by atoms with Crippen molar-refractivity contribution in [3.05, 3.63) is 59.7 Å². The molecule has 1 aliphatic heterocycles. The van der Waals surface area contributed by atoms with Crippen LogP contribution in [0.25, 0.3) is 0 Å². The Hall–Kier alpha value is -2.53. The molecule has 1 aliphatic rings. The van der Waals surface area contributed by atoms with E-state index in [0.717, 1.165) is 49.6 Å². The topological polar surface area (TPSA) is 46.0 Å². The summed E-state index contributed by atoms with van der Waals surface area (Å²) in [7, 11) is 0. The predicted molar refractivity (Wildman–Crippen MR) is 118 cm³/mol. The maximum absolute atomic E-state index is 12.5. The van der Waals surface area contributed by atoms with E-state index in [1.54, 1.807) is 0 Å². The van der Waals surface area contributed by atoms with Gasteiger partial charge in [0.05, 0.1) is 44.5 Å². The lowest BCUT2D eigenvalue weighted by Crippen LogP contribution is -3.15. The van der Waals surface area contributed by atoms with Crippen LogP contribution in [0.3, 0.4) is 0 Å². The number of ether oxygens (including phenoxy) is 1. The highest BCUT2D eigenvalue weighted by molar-refractivity contribution is 5.77. The molecule has 1 heterocycles. The molecule has 2 N–H and O–H groups in total. The van der Waals surface area contributed by atoms with Crippen LogP contribution >= 0.6 is 0 Å². The molecule has 1 atom stereocenters. The molecule has 2 aromatic carbocycles. The van der Waals surface area contributed by atoms with E-state index >= 15 is 0 Å². The Bertz CT molecular complexity index is 783. The third kappa shape index (κ3) is 5.73. The summed E-state index contributed by atoms with van der Waals surface area (Å²) in [5.41, 5.74) is 3.63. The summed E-state index contributed by atoms with van der Waals surface area (Å²) in [6.45, 7) is 11.2. The van der Waals surface area contributed by atoms with Gasteiger partial charge in [-0.2, -0.15) is 0 Å². The molecule has 29 heavy (non-hydrogen) atoms. The third-order valence-corrected chi connectivity index (χ3v) is 5.65. The van der Waals surface area contributed by atoms with Crippen LogP contribution in [0.15, 0.2) is 48.5 Å². The summed E-state index contributed by atoms with van der Waals surface area (Å²) in [4.78, 5) is 16.2. The molecule has 3 rings (SSSR count). The quantitative estimate of drug-likeness (QED) is 0.719. The van der Waals surface area contributed by atoms with Crippen LogP contribution in [0, 0.1) is 0 Å². The molecule has 0 unspecified atom stereocenters. The second-order valence-electron chi connectivity index (χ2n) is 7.70. The van der Waals surface area contributed by atoms with Gasteiger partial charge in [-0.15, -0.1) is 0 Å². The lowest BCUT2D eigenvalue weighted by atomic mass is 10.0. The number of amides is 1. The molecule has 5 nitrogen and oxygen atoms in total. The molecule has 0 spiro atoms. The lowest BCUT2D eigenvalue weighted by molar-refractivity contribution is -0.892.